The van der Waals surface area contributed by atoms with Gasteiger partial charge in [-0.2, -0.15) is 0 Å². The average molecular weight is 412 g/mol. The molecule has 1 unspecified atom stereocenters. The van der Waals surface area contributed by atoms with Crippen LogP contribution >= 0.6 is 11.3 Å². The molecule has 0 saturated carbocycles. The molecule has 1 amide bonds. The number of ether oxygens (including phenoxy) is 1. The van der Waals surface area contributed by atoms with Crippen LogP contribution in [-0.4, -0.2) is 34.9 Å². The van der Waals surface area contributed by atoms with Gasteiger partial charge < -0.3 is 19.9 Å². The minimum absolute atomic E-state index is 0.0648. The van der Waals surface area contributed by atoms with Crippen molar-refractivity contribution < 1.29 is 14.3 Å². The summed E-state index contributed by atoms with van der Waals surface area (Å²) in [6.45, 7) is 5.47. The van der Waals surface area contributed by atoms with Gasteiger partial charge in [0.15, 0.2) is 11.9 Å². The molecule has 8 nitrogen and oxygen atoms in total. The summed E-state index contributed by atoms with van der Waals surface area (Å²) in [5, 5.41) is 3.35. The third-order valence-electron chi connectivity index (χ3n) is 4.92. The third kappa shape index (κ3) is 3.61. The Labute approximate surface area is 170 Å². The van der Waals surface area contributed by atoms with Crippen LogP contribution in [0.4, 0.5) is 11.4 Å². The van der Waals surface area contributed by atoms with Gasteiger partial charge in [-0.05, 0) is 38.5 Å². The monoisotopic (exact) mass is 412 g/mol. The number of anilines is 2. The number of fused-ring (bicyclic) bond motifs is 2. The van der Waals surface area contributed by atoms with Crippen molar-refractivity contribution >= 4 is 44.8 Å². The molecule has 0 aliphatic carbocycles. The lowest BCUT2D eigenvalue weighted by atomic mass is 10.2. The van der Waals surface area contributed by atoms with Crippen molar-refractivity contribution in [2.24, 2.45) is 0 Å². The minimum atomic E-state index is -0.726. The summed E-state index contributed by atoms with van der Waals surface area (Å²) in [5.74, 6) is -0.401. The van der Waals surface area contributed by atoms with E-state index in [9.17, 15) is 14.4 Å². The van der Waals surface area contributed by atoms with Crippen molar-refractivity contribution in [3.05, 3.63) is 50.9 Å². The number of H-pyrrole nitrogens is 1. The number of carbonyl (C=O) groups excluding carboxylic acids is 2. The van der Waals surface area contributed by atoms with E-state index in [1.165, 1.54) is 11.3 Å². The highest BCUT2D eigenvalue weighted by Gasteiger charge is 2.25. The summed E-state index contributed by atoms with van der Waals surface area (Å²) in [6, 6.07) is 7.27. The zero-order valence-corrected chi connectivity index (χ0v) is 17.1. The number of carbonyl (C=O) groups is 2. The highest BCUT2D eigenvalue weighted by molar-refractivity contribution is 7.18. The zero-order chi connectivity index (χ0) is 20.7. The molecular formula is C20H20N4O4S. The van der Waals surface area contributed by atoms with Crippen LogP contribution in [0.1, 0.15) is 29.3 Å². The summed E-state index contributed by atoms with van der Waals surface area (Å²) < 4.78 is 5.49. The Bertz CT molecular complexity index is 1180. The molecule has 150 valence electrons. The van der Waals surface area contributed by atoms with Crippen LogP contribution in [0.25, 0.3) is 10.2 Å². The van der Waals surface area contributed by atoms with Gasteiger partial charge in [-0.3, -0.25) is 14.4 Å². The smallest absolute Gasteiger partial charge is 0.326 e. The molecule has 0 bridgehead atoms. The number of aromatic nitrogens is 2. The molecule has 3 aromatic rings. The number of aromatic amines is 1. The number of hydrogen-bond acceptors (Lipinski definition) is 7. The molecule has 2 aromatic heterocycles. The van der Waals surface area contributed by atoms with E-state index >= 15 is 0 Å². The number of esters is 1. The normalized spacial score (nSPS) is 14.4. The number of para-hydroxylation sites is 2. The van der Waals surface area contributed by atoms with E-state index < -0.39 is 12.1 Å². The number of thiophene rings is 1. The predicted molar refractivity (Wildman–Crippen MR) is 112 cm³/mol. The van der Waals surface area contributed by atoms with Crippen LogP contribution in [0.2, 0.25) is 0 Å². The van der Waals surface area contributed by atoms with E-state index in [1.807, 2.05) is 32.0 Å². The Morgan fingerprint density at radius 1 is 1.31 bits per heavy atom. The Morgan fingerprint density at radius 2 is 2.07 bits per heavy atom. The van der Waals surface area contributed by atoms with E-state index in [2.05, 4.69) is 15.3 Å². The molecule has 29 heavy (non-hydrogen) atoms. The summed E-state index contributed by atoms with van der Waals surface area (Å²) in [4.78, 5) is 47.4. The van der Waals surface area contributed by atoms with Gasteiger partial charge in [0.05, 0.1) is 23.3 Å². The highest BCUT2D eigenvalue weighted by atomic mass is 32.1. The van der Waals surface area contributed by atoms with Gasteiger partial charge in [0.1, 0.15) is 11.4 Å². The molecule has 9 heteroatoms. The van der Waals surface area contributed by atoms with Gasteiger partial charge in [0.25, 0.3) is 5.56 Å². The molecular weight excluding hydrogens is 392 g/mol. The first kappa shape index (κ1) is 19.1. The molecule has 0 saturated heterocycles. The number of amides is 1. The third-order valence-corrected chi connectivity index (χ3v) is 6.03. The van der Waals surface area contributed by atoms with Crippen molar-refractivity contribution in [3.63, 3.8) is 0 Å². The quantitative estimate of drug-likeness (QED) is 0.639. The van der Waals surface area contributed by atoms with Crippen molar-refractivity contribution in [1.29, 1.82) is 0 Å². The lowest BCUT2D eigenvalue weighted by molar-refractivity contribution is -0.147. The maximum Gasteiger partial charge on any atom is 0.326 e. The lowest BCUT2D eigenvalue weighted by Gasteiger charge is -2.30. The van der Waals surface area contributed by atoms with Crippen LogP contribution in [0, 0.1) is 13.8 Å². The first-order chi connectivity index (χ1) is 13.8. The fraction of sp³-hybridized carbons (Fsp3) is 0.300. The molecule has 1 aliphatic heterocycles. The molecule has 1 aliphatic rings. The van der Waals surface area contributed by atoms with Crippen LogP contribution in [0.15, 0.2) is 29.1 Å². The number of benzene rings is 1. The number of aryl methyl sites for hydroxylation is 2. The van der Waals surface area contributed by atoms with E-state index in [1.54, 1.807) is 17.9 Å². The van der Waals surface area contributed by atoms with E-state index in [0.717, 1.165) is 16.1 Å². The molecule has 3 heterocycles. The predicted octanol–water partition coefficient (Wildman–Crippen LogP) is 2.66. The summed E-state index contributed by atoms with van der Waals surface area (Å²) in [5.41, 5.74) is 2.09. The van der Waals surface area contributed by atoms with Crippen LogP contribution < -0.4 is 15.8 Å². The molecule has 0 fully saturated rings. The zero-order valence-electron chi connectivity index (χ0n) is 16.2. The fourth-order valence-electron chi connectivity index (χ4n) is 3.35. The van der Waals surface area contributed by atoms with Crippen LogP contribution in [0.5, 0.6) is 0 Å². The Kier molecular flexibility index (Phi) is 4.83. The molecule has 4 rings (SSSR count). The summed E-state index contributed by atoms with van der Waals surface area (Å²) in [7, 11) is 0. The topological polar surface area (TPSA) is 104 Å². The van der Waals surface area contributed by atoms with Crippen LogP contribution in [0.3, 0.4) is 0 Å². The van der Waals surface area contributed by atoms with Gasteiger partial charge in [-0.15, -0.1) is 11.3 Å². The van der Waals surface area contributed by atoms with Gasteiger partial charge in [-0.1, -0.05) is 12.1 Å². The van der Waals surface area contributed by atoms with Crippen LogP contribution in [-0.2, 0) is 14.3 Å². The number of nitrogens with zero attached hydrogens (tertiary/aromatic N) is 2. The molecule has 1 aromatic carbocycles. The highest BCUT2D eigenvalue weighted by Crippen LogP contribution is 2.29. The second-order valence-electron chi connectivity index (χ2n) is 6.97. The standard InChI is InChI=1S/C20H20N4O4S/c1-10-12(3)29-20-17(10)19(27)22-18(23-20)11(2)28-16(26)9-24-8-15(25)21-13-6-4-5-7-14(13)24/h4-7,11H,8-9H2,1-3H3,(H,21,25)(H,22,23,27). The Morgan fingerprint density at radius 3 is 2.86 bits per heavy atom. The van der Waals surface area contributed by atoms with E-state index in [4.69, 9.17) is 4.74 Å². The van der Waals surface area contributed by atoms with Gasteiger partial charge in [0.2, 0.25) is 5.91 Å². The van der Waals surface area contributed by atoms with Gasteiger partial charge in [0, 0.05) is 4.88 Å². The SMILES string of the molecule is Cc1sc2nc(C(C)OC(=O)CN3CC(=O)Nc4ccccc43)[nH]c(=O)c2c1C. The van der Waals surface area contributed by atoms with Gasteiger partial charge in [-0.25, -0.2) is 4.98 Å². The molecule has 0 radical (unpaired) electrons. The minimum Gasteiger partial charge on any atom is -0.453 e. The molecule has 2 N–H and O–H groups in total. The summed E-state index contributed by atoms with van der Waals surface area (Å²) in [6.07, 6.45) is -0.726. The maximum absolute atomic E-state index is 12.5. The Balaban J connectivity index is 1.51. The van der Waals surface area contributed by atoms with E-state index in [-0.39, 0.29) is 24.6 Å². The van der Waals surface area contributed by atoms with Gasteiger partial charge >= 0.3 is 5.97 Å². The summed E-state index contributed by atoms with van der Waals surface area (Å²) >= 11 is 1.44. The Hall–Kier alpha value is -3.20. The molecule has 1 atom stereocenters. The van der Waals surface area contributed by atoms with Crippen molar-refractivity contribution in [2.75, 3.05) is 23.3 Å². The largest absolute Gasteiger partial charge is 0.453 e. The second-order valence-corrected chi connectivity index (χ2v) is 8.17. The second kappa shape index (κ2) is 7.32. The molecule has 0 spiro atoms. The van der Waals surface area contributed by atoms with Crippen molar-refractivity contribution in [1.82, 2.24) is 9.97 Å². The average Bonchev–Trinajstić information content (AvgIpc) is 2.95. The lowest BCUT2D eigenvalue weighted by Crippen LogP contribution is -2.41. The number of rotatable bonds is 4. The van der Waals surface area contributed by atoms with Crippen molar-refractivity contribution in [2.45, 2.75) is 26.9 Å². The maximum atomic E-state index is 12.5. The first-order valence-corrected chi connectivity index (χ1v) is 9.98. The van der Waals surface area contributed by atoms with E-state index in [0.29, 0.717) is 21.7 Å². The number of hydrogen-bond donors (Lipinski definition) is 2. The number of nitrogens with one attached hydrogen (secondary N) is 2. The van der Waals surface area contributed by atoms with Crippen molar-refractivity contribution in [3.8, 4) is 0 Å². The fourth-order valence-corrected chi connectivity index (χ4v) is 4.39. The first-order valence-electron chi connectivity index (χ1n) is 9.16.